The molecule has 4 rings (SSSR count). The second kappa shape index (κ2) is 7.87. The first-order valence-electron chi connectivity index (χ1n) is 9.48. The van der Waals surface area contributed by atoms with Crippen LogP contribution >= 0.6 is 0 Å². The number of aromatic hydroxyl groups is 1. The highest BCUT2D eigenvalue weighted by Gasteiger charge is 2.29. The molecule has 154 valence electrons. The Balaban J connectivity index is 1.50. The Bertz CT molecular complexity index is 1250. The molecule has 2 N–H and O–H groups in total. The van der Waals surface area contributed by atoms with Crippen LogP contribution in [0.15, 0.2) is 66.7 Å². The first kappa shape index (κ1) is 20.0. The van der Waals surface area contributed by atoms with Crippen molar-refractivity contribution >= 4 is 29.1 Å². The molecule has 31 heavy (non-hydrogen) atoms. The quantitative estimate of drug-likeness (QED) is 0.495. The zero-order valence-electron chi connectivity index (χ0n) is 16.4. The van der Waals surface area contributed by atoms with Crippen LogP contribution < -0.4 is 5.32 Å². The summed E-state index contributed by atoms with van der Waals surface area (Å²) < 4.78 is 5.14. The molecule has 7 heteroatoms. The third-order valence-corrected chi connectivity index (χ3v) is 4.93. The average molecular weight is 415 g/mol. The van der Waals surface area contributed by atoms with Crippen LogP contribution in [0.1, 0.15) is 49.1 Å². The van der Waals surface area contributed by atoms with Gasteiger partial charge in [0.15, 0.2) is 17.7 Å². The van der Waals surface area contributed by atoms with Gasteiger partial charge in [-0.15, -0.1) is 0 Å². The molecule has 0 heterocycles. The second-order valence-corrected chi connectivity index (χ2v) is 7.05. The number of amides is 1. The molecular weight excluding hydrogens is 398 g/mol. The molecule has 1 aliphatic rings. The van der Waals surface area contributed by atoms with Gasteiger partial charge in [0.25, 0.3) is 5.91 Å². The van der Waals surface area contributed by atoms with Crippen molar-refractivity contribution in [3.8, 4) is 5.75 Å². The van der Waals surface area contributed by atoms with Gasteiger partial charge in [-0.3, -0.25) is 14.4 Å². The predicted octanol–water partition coefficient (Wildman–Crippen LogP) is 3.35. The molecule has 1 atom stereocenters. The smallest absolute Gasteiger partial charge is 0.339 e. The number of nitrogens with one attached hydrogen (secondary N) is 1. The molecule has 3 aromatic carbocycles. The molecule has 0 unspecified atom stereocenters. The van der Waals surface area contributed by atoms with Gasteiger partial charge in [-0.2, -0.15) is 0 Å². The van der Waals surface area contributed by atoms with Gasteiger partial charge in [-0.05, 0) is 43.3 Å². The minimum absolute atomic E-state index is 0.0959. The van der Waals surface area contributed by atoms with E-state index in [9.17, 15) is 24.3 Å². The van der Waals surface area contributed by atoms with E-state index < -0.39 is 18.0 Å². The van der Waals surface area contributed by atoms with Gasteiger partial charge in [0.05, 0.1) is 5.56 Å². The third kappa shape index (κ3) is 3.81. The van der Waals surface area contributed by atoms with Gasteiger partial charge < -0.3 is 15.2 Å². The van der Waals surface area contributed by atoms with Crippen molar-refractivity contribution in [1.29, 1.82) is 0 Å². The molecule has 0 aromatic heterocycles. The van der Waals surface area contributed by atoms with E-state index in [4.69, 9.17) is 4.74 Å². The van der Waals surface area contributed by atoms with Gasteiger partial charge in [0.2, 0.25) is 0 Å². The number of rotatable bonds is 4. The number of esters is 1. The summed E-state index contributed by atoms with van der Waals surface area (Å²) in [6.45, 7) is 1.40. The summed E-state index contributed by atoms with van der Waals surface area (Å²) in [5, 5.41) is 12.1. The van der Waals surface area contributed by atoms with Crippen molar-refractivity contribution < 1.29 is 29.0 Å². The zero-order valence-corrected chi connectivity index (χ0v) is 16.4. The lowest BCUT2D eigenvalue weighted by Crippen LogP contribution is -2.30. The van der Waals surface area contributed by atoms with Crippen molar-refractivity contribution in [2.45, 2.75) is 13.0 Å². The average Bonchev–Trinajstić information content (AvgIpc) is 2.77. The van der Waals surface area contributed by atoms with E-state index in [-0.39, 0.29) is 34.0 Å². The van der Waals surface area contributed by atoms with Crippen LogP contribution in [0, 0.1) is 0 Å². The molecule has 0 bridgehead atoms. The third-order valence-electron chi connectivity index (χ3n) is 4.93. The van der Waals surface area contributed by atoms with Gasteiger partial charge in [-0.1, -0.05) is 30.3 Å². The fourth-order valence-corrected chi connectivity index (χ4v) is 3.34. The number of carbonyl (C=O) groups is 4. The summed E-state index contributed by atoms with van der Waals surface area (Å²) in [7, 11) is 0. The summed E-state index contributed by atoms with van der Waals surface area (Å²) in [4.78, 5) is 50.1. The van der Waals surface area contributed by atoms with Gasteiger partial charge in [0.1, 0.15) is 5.75 Å². The highest BCUT2D eigenvalue weighted by Crippen LogP contribution is 2.29. The maximum absolute atomic E-state index is 12.8. The summed E-state index contributed by atoms with van der Waals surface area (Å²) in [6.07, 6.45) is -1.14. The molecule has 1 aliphatic carbocycles. The van der Waals surface area contributed by atoms with Gasteiger partial charge in [0, 0.05) is 27.9 Å². The summed E-state index contributed by atoms with van der Waals surface area (Å²) in [5.74, 6) is -2.02. The Morgan fingerprint density at radius 2 is 1.48 bits per heavy atom. The fourth-order valence-electron chi connectivity index (χ4n) is 3.34. The van der Waals surface area contributed by atoms with E-state index >= 15 is 0 Å². The van der Waals surface area contributed by atoms with Gasteiger partial charge >= 0.3 is 5.97 Å². The Kier molecular flexibility index (Phi) is 5.09. The molecule has 0 saturated heterocycles. The number of phenolic OH excluding ortho intramolecular Hbond substituents is 1. The monoisotopic (exact) mass is 415 g/mol. The minimum Gasteiger partial charge on any atom is -0.508 e. The maximum atomic E-state index is 12.8. The number of hydrogen-bond acceptors (Lipinski definition) is 6. The van der Waals surface area contributed by atoms with Crippen molar-refractivity contribution in [3.63, 3.8) is 0 Å². The molecule has 0 spiro atoms. The second-order valence-electron chi connectivity index (χ2n) is 7.05. The molecule has 0 fully saturated rings. The van der Waals surface area contributed by atoms with Crippen molar-refractivity contribution in [1.82, 2.24) is 0 Å². The molecule has 0 saturated carbocycles. The van der Waals surface area contributed by atoms with E-state index in [0.29, 0.717) is 16.8 Å². The highest BCUT2D eigenvalue weighted by atomic mass is 16.5. The van der Waals surface area contributed by atoms with E-state index in [1.54, 1.807) is 24.3 Å². The topological polar surface area (TPSA) is 110 Å². The zero-order chi connectivity index (χ0) is 22.1. The van der Waals surface area contributed by atoms with Crippen LogP contribution in [-0.2, 0) is 9.53 Å². The largest absolute Gasteiger partial charge is 0.508 e. The highest BCUT2D eigenvalue weighted by molar-refractivity contribution is 6.28. The van der Waals surface area contributed by atoms with E-state index in [0.717, 1.165) is 0 Å². The van der Waals surface area contributed by atoms with Crippen molar-refractivity contribution in [2.24, 2.45) is 0 Å². The predicted molar refractivity (Wildman–Crippen MR) is 111 cm³/mol. The van der Waals surface area contributed by atoms with Crippen LogP contribution in [0.25, 0.3) is 0 Å². The first-order chi connectivity index (χ1) is 14.8. The summed E-state index contributed by atoms with van der Waals surface area (Å²) >= 11 is 0. The molecular formula is C24H17NO6. The Labute approximate surface area is 177 Å². The lowest BCUT2D eigenvalue weighted by Gasteiger charge is -2.19. The van der Waals surface area contributed by atoms with E-state index in [2.05, 4.69) is 5.32 Å². The van der Waals surface area contributed by atoms with Crippen LogP contribution in [0.5, 0.6) is 5.75 Å². The number of benzene rings is 3. The Hall–Kier alpha value is -4.26. The SMILES string of the molecule is C[C@H](OC(=O)c1cccc(O)c1)C(=O)Nc1ccc2c(c1)C(=O)c1ccccc1C2=O. The number of phenols is 1. The number of ether oxygens (including phenoxy) is 1. The summed E-state index contributed by atoms with van der Waals surface area (Å²) in [6, 6.07) is 16.6. The Morgan fingerprint density at radius 1 is 0.839 bits per heavy atom. The number of fused-ring (bicyclic) bond motifs is 2. The first-order valence-corrected chi connectivity index (χ1v) is 9.48. The van der Waals surface area contributed by atoms with Crippen LogP contribution in [0.2, 0.25) is 0 Å². The number of anilines is 1. The number of ketones is 2. The molecule has 3 aromatic rings. The fraction of sp³-hybridized carbons (Fsp3) is 0.0833. The number of carbonyl (C=O) groups excluding carboxylic acids is 4. The molecule has 0 aliphatic heterocycles. The molecule has 7 nitrogen and oxygen atoms in total. The van der Waals surface area contributed by atoms with Crippen LogP contribution in [0.4, 0.5) is 5.69 Å². The lowest BCUT2D eigenvalue weighted by atomic mass is 9.84. The van der Waals surface area contributed by atoms with Crippen molar-refractivity contribution in [2.75, 3.05) is 5.32 Å². The standard InChI is InChI=1S/C24H17NO6/c1-13(31-24(30)14-5-4-6-16(26)11-14)23(29)25-15-9-10-19-20(12-15)22(28)18-8-3-2-7-17(18)21(19)27/h2-13,26H,1H3,(H,25,29)/t13-/m0/s1. The van der Waals surface area contributed by atoms with E-state index in [1.165, 1.54) is 49.4 Å². The number of hydrogen-bond donors (Lipinski definition) is 2. The van der Waals surface area contributed by atoms with Crippen LogP contribution in [0.3, 0.4) is 0 Å². The lowest BCUT2D eigenvalue weighted by molar-refractivity contribution is -0.123. The summed E-state index contributed by atoms with van der Waals surface area (Å²) in [5.41, 5.74) is 1.54. The Morgan fingerprint density at radius 3 is 2.16 bits per heavy atom. The molecule has 0 radical (unpaired) electrons. The minimum atomic E-state index is -1.14. The normalized spacial score (nSPS) is 13.1. The van der Waals surface area contributed by atoms with E-state index in [1.807, 2.05) is 0 Å². The maximum Gasteiger partial charge on any atom is 0.339 e. The van der Waals surface area contributed by atoms with Crippen molar-refractivity contribution in [3.05, 3.63) is 94.5 Å². The molecule has 1 amide bonds. The van der Waals surface area contributed by atoms with Gasteiger partial charge in [-0.25, -0.2) is 4.79 Å². The van der Waals surface area contributed by atoms with Crippen LogP contribution in [-0.4, -0.2) is 34.7 Å².